The average Bonchev–Trinajstić information content (AvgIpc) is 2.22. The lowest BCUT2D eigenvalue weighted by Crippen LogP contribution is -2.31. The number of rotatable bonds is 4. The summed E-state index contributed by atoms with van der Waals surface area (Å²) < 4.78 is 13.2. The number of nitrogens with one attached hydrogen (secondary N) is 2. The summed E-state index contributed by atoms with van der Waals surface area (Å²) in [6.45, 7) is 0.375. The third kappa shape index (κ3) is 3.49. The van der Waals surface area contributed by atoms with Gasteiger partial charge >= 0.3 is 0 Å². The molecule has 3 nitrogen and oxygen atoms in total. The molecule has 0 aliphatic rings. The first-order valence-electron chi connectivity index (χ1n) is 4.49. The summed E-state index contributed by atoms with van der Waals surface area (Å²) in [6.07, 6.45) is 0. The number of hydrogen-bond donors (Lipinski definition) is 2. The molecule has 0 radical (unpaired) electrons. The lowest BCUT2D eigenvalue weighted by Gasteiger charge is -2.06. The molecule has 0 saturated heterocycles. The summed E-state index contributed by atoms with van der Waals surface area (Å²) >= 11 is 5.80. The van der Waals surface area contributed by atoms with Crippen molar-refractivity contribution in [3.05, 3.63) is 34.6 Å². The van der Waals surface area contributed by atoms with Crippen molar-refractivity contribution in [3.8, 4) is 0 Å². The van der Waals surface area contributed by atoms with Crippen LogP contribution >= 0.6 is 11.6 Å². The molecule has 82 valence electrons. The van der Waals surface area contributed by atoms with Crippen molar-refractivity contribution in [2.45, 2.75) is 6.54 Å². The molecule has 0 fully saturated rings. The Bertz CT molecular complexity index is 337. The van der Waals surface area contributed by atoms with Gasteiger partial charge in [-0.2, -0.15) is 0 Å². The molecule has 1 aromatic carbocycles. The largest absolute Gasteiger partial charge is 0.358 e. The maximum atomic E-state index is 13.2. The molecule has 5 heteroatoms. The van der Waals surface area contributed by atoms with Crippen LogP contribution in [0.5, 0.6) is 0 Å². The van der Waals surface area contributed by atoms with E-state index < -0.39 is 0 Å². The number of likely N-dealkylation sites (N-methyl/N-ethyl adjacent to an activating group) is 1. The van der Waals surface area contributed by atoms with E-state index in [1.807, 2.05) is 0 Å². The zero-order valence-electron chi connectivity index (χ0n) is 8.31. The van der Waals surface area contributed by atoms with Crippen LogP contribution in [-0.4, -0.2) is 19.5 Å². The number of halogens is 2. The first-order chi connectivity index (χ1) is 7.15. The Morgan fingerprint density at radius 1 is 1.53 bits per heavy atom. The SMILES string of the molecule is CNC(=O)CNCc1c(F)cccc1Cl. The minimum atomic E-state index is -0.369. The number of benzene rings is 1. The van der Waals surface area contributed by atoms with E-state index in [1.54, 1.807) is 19.2 Å². The fourth-order valence-corrected chi connectivity index (χ4v) is 1.32. The Morgan fingerprint density at radius 3 is 2.87 bits per heavy atom. The van der Waals surface area contributed by atoms with Crippen LogP contribution in [0.4, 0.5) is 4.39 Å². The summed E-state index contributed by atoms with van der Waals surface area (Å²) in [6, 6.07) is 4.49. The number of carbonyl (C=O) groups is 1. The smallest absolute Gasteiger partial charge is 0.233 e. The molecule has 0 spiro atoms. The molecule has 0 heterocycles. The normalized spacial score (nSPS) is 10.1. The topological polar surface area (TPSA) is 41.1 Å². The van der Waals surface area contributed by atoms with Crippen LogP contribution in [0.1, 0.15) is 5.56 Å². The van der Waals surface area contributed by atoms with E-state index in [-0.39, 0.29) is 24.8 Å². The molecule has 0 saturated carbocycles. The molecule has 0 aliphatic carbocycles. The van der Waals surface area contributed by atoms with Gasteiger partial charge < -0.3 is 10.6 Å². The van der Waals surface area contributed by atoms with Gasteiger partial charge in [0.2, 0.25) is 5.91 Å². The second-order valence-electron chi connectivity index (χ2n) is 2.98. The van der Waals surface area contributed by atoms with Crippen molar-refractivity contribution in [3.63, 3.8) is 0 Å². The molecule has 0 aromatic heterocycles. The minimum Gasteiger partial charge on any atom is -0.358 e. The predicted octanol–water partition coefficient (Wildman–Crippen LogP) is 1.31. The van der Waals surface area contributed by atoms with Crippen molar-refractivity contribution in [1.82, 2.24) is 10.6 Å². The van der Waals surface area contributed by atoms with Gasteiger partial charge in [0.1, 0.15) is 5.82 Å². The van der Waals surface area contributed by atoms with Crippen LogP contribution in [0.25, 0.3) is 0 Å². The lowest BCUT2D eigenvalue weighted by atomic mass is 10.2. The second-order valence-corrected chi connectivity index (χ2v) is 3.38. The van der Waals surface area contributed by atoms with Gasteiger partial charge in [-0.15, -0.1) is 0 Å². The number of carbonyl (C=O) groups excluding carboxylic acids is 1. The third-order valence-corrected chi connectivity index (χ3v) is 2.28. The van der Waals surface area contributed by atoms with Gasteiger partial charge in [0.05, 0.1) is 6.54 Å². The molecular weight excluding hydrogens is 219 g/mol. The highest BCUT2D eigenvalue weighted by Gasteiger charge is 2.06. The van der Waals surface area contributed by atoms with Gasteiger partial charge in [-0.1, -0.05) is 17.7 Å². The van der Waals surface area contributed by atoms with Crippen molar-refractivity contribution >= 4 is 17.5 Å². The molecule has 1 amide bonds. The van der Waals surface area contributed by atoms with Gasteiger partial charge in [0.25, 0.3) is 0 Å². The van der Waals surface area contributed by atoms with E-state index in [2.05, 4.69) is 10.6 Å². The zero-order valence-corrected chi connectivity index (χ0v) is 9.07. The summed E-state index contributed by atoms with van der Waals surface area (Å²) in [4.78, 5) is 10.9. The van der Waals surface area contributed by atoms with Gasteiger partial charge in [0, 0.05) is 24.2 Å². The van der Waals surface area contributed by atoms with Crippen LogP contribution in [0, 0.1) is 5.82 Å². The standard InChI is InChI=1S/C10H12ClFN2O/c1-13-10(15)6-14-5-7-8(11)3-2-4-9(7)12/h2-4,14H,5-6H2,1H3,(H,13,15). The predicted molar refractivity (Wildman–Crippen MR) is 57.2 cm³/mol. The summed E-state index contributed by atoms with van der Waals surface area (Å²) in [7, 11) is 1.54. The molecule has 0 aliphatic heterocycles. The Balaban J connectivity index is 2.54. The fraction of sp³-hybridized carbons (Fsp3) is 0.300. The molecule has 0 atom stereocenters. The highest BCUT2D eigenvalue weighted by molar-refractivity contribution is 6.31. The molecular formula is C10H12ClFN2O. The Morgan fingerprint density at radius 2 is 2.27 bits per heavy atom. The quantitative estimate of drug-likeness (QED) is 0.819. The molecule has 0 bridgehead atoms. The van der Waals surface area contributed by atoms with E-state index in [1.165, 1.54) is 6.07 Å². The van der Waals surface area contributed by atoms with Gasteiger partial charge in [-0.25, -0.2) is 4.39 Å². The van der Waals surface area contributed by atoms with Crippen LogP contribution in [0.2, 0.25) is 5.02 Å². The van der Waals surface area contributed by atoms with Gasteiger partial charge in [-0.05, 0) is 12.1 Å². The van der Waals surface area contributed by atoms with Gasteiger partial charge in [-0.3, -0.25) is 4.79 Å². The molecule has 2 N–H and O–H groups in total. The first kappa shape index (κ1) is 11.9. The molecule has 0 unspecified atom stereocenters. The van der Waals surface area contributed by atoms with E-state index in [0.29, 0.717) is 10.6 Å². The lowest BCUT2D eigenvalue weighted by molar-refractivity contribution is -0.119. The van der Waals surface area contributed by atoms with E-state index in [0.717, 1.165) is 0 Å². The fourth-order valence-electron chi connectivity index (χ4n) is 1.09. The van der Waals surface area contributed by atoms with Crippen LogP contribution in [0.15, 0.2) is 18.2 Å². The third-order valence-electron chi connectivity index (χ3n) is 1.93. The first-order valence-corrected chi connectivity index (χ1v) is 4.87. The van der Waals surface area contributed by atoms with Crippen molar-refractivity contribution < 1.29 is 9.18 Å². The molecule has 1 rings (SSSR count). The van der Waals surface area contributed by atoms with Crippen molar-refractivity contribution in [1.29, 1.82) is 0 Å². The van der Waals surface area contributed by atoms with E-state index >= 15 is 0 Å². The second kappa shape index (κ2) is 5.68. The van der Waals surface area contributed by atoms with E-state index in [4.69, 9.17) is 11.6 Å². The zero-order chi connectivity index (χ0) is 11.3. The van der Waals surface area contributed by atoms with Crippen LogP contribution < -0.4 is 10.6 Å². The maximum Gasteiger partial charge on any atom is 0.233 e. The van der Waals surface area contributed by atoms with Crippen molar-refractivity contribution in [2.24, 2.45) is 0 Å². The van der Waals surface area contributed by atoms with Crippen LogP contribution in [-0.2, 0) is 11.3 Å². The van der Waals surface area contributed by atoms with Crippen molar-refractivity contribution in [2.75, 3.05) is 13.6 Å². The maximum absolute atomic E-state index is 13.2. The number of amides is 1. The Labute approximate surface area is 92.6 Å². The molecule has 15 heavy (non-hydrogen) atoms. The highest BCUT2D eigenvalue weighted by Crippen LogP contribution is 2.18. The summed E-state index contributed by atoms with van der Waals surface area (Å²) in [5.41, 5.74) is 0.378. The van der Waals surface area contributed by atoms with E-state index in [9.17, 15) is 9.18 Å². The minimum absolute atomic E-state index is 0.140. The summed E-state index contributed by atoms with van der Waals surface area (Å²) in [5.74, 6) is -0.519. The average molecular weight is 231 g/mol. The highest BCUT2D eigenvalue weighted by atomic mass is 35.5. The Kier molecular flexibility index (Phi) is 4.52. The molecule has 1 aromatic rings. The Hall–Kier alpha value is -1.13. The van der Waals surface area contributed by atoms with Crippen LogP contribution in [0.3, 0.4) is 0 Å². The monoisotopic (exact) mass is 230 g/mol. The number of hydrogen-bond acceptors (Lipinski definition) is 2. The van der Waals surface area contributed by atoms with Gasteiger partial charge in [0.15, 0.2) is 0 Å². The summed E-state index contributed by atoms with van der Waals surface area (Å²) in [5, 5.41) is 5.61.